The van der Waals surface area contributed by atoms with E-state index in [2.05, 4.69) is 33.4 Å². The Morgan fingerprint density at radius 2 is 2.24 bits per heavy atom. The monoisotopic (exact) mass is 295 g/mol. The molecule has 92 valence electrons. The van der Waals surface area contributed by atoms with Crippen molar-refractivity contribution in [3.8, 4) is 0 Å². The predicted octanol–water partition coefficient (Wildman–Crippen LogP) is 3.75. The summed E-state index contributed by atoms with van der Waals surface area (Å²) in [6.07, 6.45) is 5.48. The van der Waals surface area contributed by atoms with Crippen molar-refractivity contribution in [3.63, 3.8) is 0 Å². The highest BCUT2D eigenvalue weighted by molar-refractivity contribution is 9.09. The van der Waals surface area contributed by atoms with E-state index < -0.39 is 0 Å². The minimum atomic E-state index is 0.189. The van der Waals surface area contributed by atoms with Crippen LogP contribution in [0.4, 0.5) is 5.69 Å². The Balaban J connectivity index is 1.93. The molecule has 1 saturated carbocycles. The maximum absolute atomic E-state index is 11.8. The Bertz CT molecular complexity index is 388. The van der Waals surface area contributed by atoms with Crippen molar-refractivity contribution < 1.29 is 4.79 Å². The Morgan fingerprint density at radius 1 is 1.41 bits per heavy atom. The SMILES string of the molecule is O=C(Nc1cccc(CCCBr)c1)C1CCC1. The number of anilines is 1. The number of carbonyl (C=O) groups excluding carboxylic acids is 1. The maximum atomic E-state index is 11.8. The molecule has 1 aliphatic carbocycles. The predicted molar refractivity (Wildman–Crippen MR) is 74.5 cm³/mol. The van der Waals surface area contributed by atoms with Crippen LogP contribution in [0.25, 0.3) is 0 Å². The lowest BCUT2D eigenvalue weighted by Gasteiger charge is -2.24. The number of halogens is 1. The van der Waals surface area contributed by atoms with Gasteiger partial charge in [-0.15, -0.1) is 0 Å². The molecular weight excluding hydrogens is 278 g/mol. The lowest BCUT2D eigenvalue weighted by atomic mass is 9.85. The molecule has 1 fully saturated rings. The van der Waals surface area contributed by atoms with Gasteiger partial charge in [0, 0.05) is 16.9 Å². The van der Waals surface area contributed by atoms with Gasteiger partial charge in [0.05, 0.1) is 0 Å². The molecule has 1 aliphatic rings. The van der Waals surface area contributed by atoms with Crippen molar-refractivity contribution in [1.29, 1.82) is 0 Å². The van der Waals surface area contributed by atoms with Gasteiger partial charge in [-0.1, -0.05) is 34.5 Å². The van der Waals surface area contributed by atoms with E-state index in [0.717, 1.165) is 36.7 Å². The maximum Gasteiger partial charge on any atom is 0.227 e. The average Bonchev–Trinajstić information content (AvgIpc) is 2.24. The van der Waals surface area contributed by atoms with Crippen LogP contribution in [0.5, 0.6) is 0 Å². The summed E-state index contributed by atoms with van der Waals surface area (Å²) in [6.45, 7) is 0. The normalized spacial score (nSPS) is 15.4. The van der Waals surface area contributed by atoms with Crippen LogP contribution < -0.4 is 5.32 Å². The van der Waals surface area contributed by atoms with Gasteiger partial charge in [-0.3, -0.25) is 4.79 Å². The number of nitrogens with one attached hydrogen (secondary N) is 1. The summed E-state index contributed by atoms with van der Waals surface area (Å²) in [7, 11) is 0. The van der Waals surface area contributed by atoms with E-state index in [0.29, 0.717) is 0 Å². The molecule has 1 aromatic carbocycles. The molecule has 0 unspecified atom stereocenters. The summed E-state index contributed by atoms with van der Waals surface area (Å²) in [5, 5.41) is 4.03. The molecule has 0 heterocycles. The van der Waals surface area contributed by atoms with E-state index in [1.54, 1.807) is 0 Å². The first-order chi connectivity index (χ1) is 8.29. The molecule has 0 bridgehead atoms. The topological polar surface area (TPSA) is 29.1 Å². The third kappa shape index (κ3) is 3.56. The highest BCUT2D eigenvalue weighted by atomic mass is 79.9. The van der Waals surface area contributed by atoms with E-state index in [1.807, 2.05) is 12.1 Å². The van der Waals surface area contributed by atoms with Crippen LogP contribution in [-0.2, 0) is 11.2 Å². The lowest BCUT2D eigenvalue weighted by Crippen LogP contribution is -2.28. The smallest absolute Gasteiger partial charge is 0.227 e. The lowest BCUT2D eigenvalue weighted by molar-refractivity contribution is -0.122. The van der Waals surface area contributed by atoms with Crippen LogP contribution in [0.1, 0.15) is 31.2 Å². The zero-order valence-electron chi connectivity index (χ0n) is 9.92. The number of benzene rings is 1. The molecule has 0 atom stereocenters. The van der Waals surface area contributed by atoms with E-state index in [1.165, 1.54) is 12.0 Å². The zero-order valence-corrected chi connectivity index (χ0v) is 11.5. The van der Waals surface area contributed by atoms with Gasteiger partial charge in [-0.05, 0) is 43.4 Å². The van der Waals surface area contributed by atoms with Crippen molar-refractivity contribution in [2.75, 3.05) is 10.6 Å². The number of rotatable bonds is 5. The molecule has 0 saturated heterocycles. The largest absolute Gasteiger partial charge is 0.326 e. The van der Waals surface area contributed by atoms with Crippen molar-refractivity contribution in [2.24, 2.45) is 5.92 Å². The van der Waals surface area contributed by atoms with Crippen LogP contribution in [0, 0.1) is 5.92 Å². The second kappa shape index (κ2) is 6.20. The number of carbonyl (C=O) groups is 1. The van der Waals surface area contributed by atoms with Crippen molar-refractivity contribution in [3.05, 3.63) is 29.8 Å². The molecule has 0 aliphatic heterocycles. The van der Waals surface area contributed by atoms with E-state index >= 15 is 0 Å². The summed E-state index contributed by atoms with van der Waals surface area (Å²) in [6, 6.07) is 8.18. The first-order valence-corrected chi connectivity index (χ1v) is 7.37. The number of amides is 1. The summed E-state index contributed by atoms with van der Waals surface area (Å²) in [5.74, 6) is 0.440. The van der Waals surface area contributed by atoms with E-state index in [-0.39, 0.29) is 11.8 Å². The molecule has 0 spiro atoms. The fourth-order valence-electron chi connectivity index (χ4n) is 1.99. The Kier molecular flexibility index (Phi) is 4.60. The molecule has 2 rings (SSSR count). The highest BCUT2D eigenvalue weighted by Gasteiger charge is 2.24. The molecule has 1 amide bonds. The number of hydrogen-bond acceptors (Lipinski definition) is 1. The number of alkyl halides is 1. The van der Waals surface area contributed by atoms with Gasteiger partial charge in [-0.25, -0.2) is 0 Å². The summed E-state index contributed by atoms with van der Waals surface area (Å²) in [4.78, 5) is 11.8. The standard InChI is InChI=1S/C14H18BrNO/c15-9-3-5-11-4-1-8-13(10-11)16-14(17)12-6-2-7-12/h1,4,8,10,12H,2-3,5-7,9H2,(H,16,17). The second-order valence-corrected chi connectivity index (χ2v) is 5.40. The van der Waals surface area contributed by atoms with E-state index in [9.17, 15) is 4.79 Å². The Labute approximate surface area is 111 Å². The molecule has 0 radical (unpaired) electrons. The highest BCUT2D eigenvalue weighted by Crippen LogP contribution is 2.27. The van der Waals surface area contributed by atoms with Gasteiger partial charge in [0.25, 0.3) is 0 Å². The van der Waals surface area contributed by atoms with Gasteiger partial charge in [-0.2, -0.15) is 0 Å². The van der Waals surface area contributed by atoms with Crippen LogP contribution in [0.2, 0.25) is 0 Å². The summed E-state index contributed by atoms with van der Waals surface area (Å²) >= 11 is 3.43. The molecular formula is C14H18BrNO. The number of aryl methyl sites for hydroxylation is 1. The first-order valence-electron chi connectivity index (χ1n) is 6.25. The van der Waals surface area contributed by atoms with Gasteiger partial charge in [0.15, 0.2) is 0 Å². The van der Waals surface area contributed by atoms with Crippen LogP contribution in [0.3, 0.4) is 0 Å². The van der Waals surface area contributed by atoms with Gasteiger partial charge < -0.3 is 5.32 Å². The fraction of sp³-hybridized carbons (Fsp3) is 0.500. The molecule has 17 heavy (non-hydrogen) atoms. The van der Waals surface area contributed by atoms with Gasteiger partial charge in [0.1, 0.15) is 0 Å². The van der Waals surface area contributed by atoms with Crippen molar-refractivity contribution >= 4 is 27.5 Å². The van der Waals surface area contributed by atoms with E-state index in [4.69, 9.17) is 0 Å². The Hall–Kier alpha value is -0.830. The third-order valence-corrected chi connectivity index (χ3v) is 3.83. The molecule has 1 N–H and O–H groups in total. The van der Waals surface area contributed by atoms with Gasteiger partial charge in [0.2, 0.25) is 5.91 Å². The third-order valence-electron chi connectivity index (χ3n) is 3.27. The van der Waals surface area contributed by atoms with Gasteiger partial charge >= 0.3 is 0 Å². The van der Waals surface area contributed by atoms with Crippen LogP contribution in [-0.4, -0.2) is 11.2 Å². The molecule has 3 heteroatoms. The van der Waals surface area contributed by atoms with Crippen molar-refractivity contribution in [2.45, 2.75) is 32.1 Å². The summed E-state index contributed by atoms with van der Waals surface area (Å²) < 4.78 is 0. The minimum absolute atomic E-state index is 0.189. The first kappa shape index (κ1) is 12.6. The summed E-state index contributed by atoms with van der Waals surface area (Å²) in [5.41, 5.74) is 2.23. The number of hydrogen-bond donors (Lipinski definition) is 1. The second-order valence-electron chi connectivity index (χ2n) is 4.61. The molecule has 0 aromatic heterocycles. The van der Waals surface area contributed by atoms with Crippen molar-refractivity contribution in [1.82, 2.24) is 0 Å². The molecule has 1 aromatic rings. The average molecular weight is 296 g/mol. The molecule has 2 nitrogen and oxygen atoms in total. The zero-order chi connectivity index (χ0) is 12.1. The van der Waals surface area contributed by atoms with Crippen LogP contribution in [0.15, 0.2) is 24.3 Å². The fourth-order valence-corrected chi connectivity index (χ4v) is 2.27. The van der Waals surface area contributed by atoms with Crippen LogP contribution >= 0.6 is 15.9 Å². The Morgan fingerprint density at radius 3 is 2.88 bits per heavy atom. The quantitative estimate of drug-likeness (QED) is 0.824. The minimum Gasteiger partial charge on any atom is -0.326 e.